The van der Waals surface area contributed by atoms with Gasteiger partial charge < -0.3 is 9.80 Å². The van der Waals surface area contributed by atoms with E-state index in [1.165, 1.54) is 38.6 Å². The molecule has 0 fully saturated rings. The van der Waals surface area contributed by atoms with Crippen molar-refractivity contribution in [3.63, 3.8) is 0 Å². The minimum Gasteiger partial charge on any atom is -0.310 e. The van der Waals surface area contributed by atoms with Gasteiger partial charge in [0.05, 0.1) is 0 Å². The van der Waals surface area contributed by atoms with Gasteiger partial charge in [0.2, 0.25) is 6.71 Å². The molecule has 1 heterocycles. The summed E-state index contributed by atoms with van der Waals surface area (Å²) >= 11 is 0. The van der Waals surface area contributed by atoms with E-state index < -0.39 is 0 Å². The highest BCUT2D eigenvalue weighted by Gasteiger charge is 2.32. The van der Waals surface area contributed by atoms with Crippen LogP contribution in [0.15, 0.2) is 212 Å². The molecule has 9 rings (SSSR count). The van der Waals surface area contributed by atoms with E-state index in [-0.39, 0.29) is 6.71 Å². The van der Waals surface area contributed by atoms with Crippen LogP contribution in [-0.4, -0.2) is 6.71 Å². The van der Waals surface area contributed by atoms with Crippen molar-refractivity contribution >= 4 is 57.2 Å². The molecule has 2 nitrogen and oxygen atoms in total. The Morgan fingerprint density at radius 3 is 0.922 bits per heavy atom. The summed E-state index contributed by atoms with van der Waals surface area (Å²) in [7, 11) is 0. The summed E-state index contributed by atoms with van der Waals surface area (Å²) in [4.78, 5) is 4.71. The molecule has 0 atom stereocenters. The fraction of sp³-hybridized carbons (Fsp3) is 0. The molecule has 1 aliphatic rings. The fourth-order valence-electron chi connectivity index (χ4n) is 7.66. The van der Waals surface area contributed by atoms with Crippen molar-refractivity contribution in [1.82, 2.24) is 0 Å². The molecule has 8 aromatic carbocycles. The Morgan fingerprint density at radius 2 is 0.569 bits per heavy atom. The predicted molar refractivity (Wildman–Crippen MR) is 218 cm³/mol. The Morgan fingerprint density at radius 1 is 0.255 bits per heavy atom. The molecular formula is C48H35BN2. The highest BCUT2D eigenvalue weighted by atomic mass is 15.1. The minimum absolute atomic E-state index is 0.0375. The number of rotatable bonds is 7. The van der Waals surface area contributed by atoms with E-state index >= 15 is 0 Å². The maximum Gasteiger partial charge on any atom is 0.242 e. The first-order valence-corrected chi connectivity index (χ1v) is 17.6. The lowest BCUT2D eigenvalue weighted by molar-refractivity contribution is 1.28. The largest absolute Gasteiger partial charge is 0.310 e. The van der Waals surface area contributed by atoms with E-state index in [4.69, 9.17) is 0 Å². The molecule has 0 amide bonds. The number of hydrogen-bond acceptors (Lipinski definition) is 2. The van der Waals surface area contributed by atoms with E-state index in [1.54, 1.807) is 0 Å². The number of benzene rings is 8. The smallest absolute Gasteiger partial charge is 0.242 e. The maximum absolute atomic E-state index is 2.40. The van der Waals surface area contributed by atoms with Gasteiger partial charge in [-0.25, -0.2) is 0 Å². The molecule has 0 saturated heterocycles. The van der Waals surface area contributed by atoms with E-state index in [0.717, 1.165) is 34.1 Å². The number of fused-ring (bicyclic) bond motifs is 5. The van der Waals surface area contributed by atoms with Gasteiger partial charge in [0, 0.05) is 34.1 Å². The van der Waals surface area contributed by atoms with Gasteiger partial charge in [0.1, 0.15) is 0 Å². The summed E-state index contributed by atoms with van der Waals surface area (Å²) < 4.78 is 0. The molecule has 0 aromatic heterocycles. The van der Waals surface area contributed by atoms with Crippen molar-refractivity contribution in [2.45, 2.75) is 0 Å². The summed E-state index contributed by atoms with van der Waals surface area (Å²) in [5.74, 6) is 0. The molecule has 0 saturated carbocycles. The van der Waals surface area contributed by atoms with Crippen LogP contribution in [-0.2, 0) is 0 Å². The molecule has 0 bridgehead atoms. The fourth-order valence-corrected chi connectivity index (χ4v) is 7.66. The van der Waals surface area contributed by atoms with Crippen LogP contribution in [0, 0.1) is 0 Å². The summed E-state index contributed by atoms with van der Waals surface area (Å²) in [6.45, 7) is 0.0375. The third-order valence-corrected chi connectivity index (χ3v) is 9.91. The van der Waals surface area contributed by atoms with Crippen LogP contribution in [0.1, 0.15) is 0 Å². The van der Waals surface area contributed by atoms with Crippen LogP contribution in [0.4, 0.5) is 34.1 Å². The van der Waals surface area contributed by atoms with Crippen LogP contribution in [0.5, 0.6) is 0 Å². The summed E-state index contributed by atoms with van der Waals surface area (Å²) in [5.41, 5.74) is 15.6. The summed E-state index contributed by atoms with van der Waals surface area (Å²) in [6, 6.07) is 76.7. The van der Waals surface area contributed by atoms with E-state index in [0.29, 0.717) is 0 Å². The Bertz CT molecular complexity index is 2180. The zero-order valence-corrected chi connectivity index (χ0v) is 28.2. The molecule has 0 radical (unpaired) electrons. The molecule has 1 aliphatic heterocycles. The Hall–Kier alpha value is -6.58. The van der Waals surface area contributed by atoms with Gasteiger partial charge in [-0.3, -0.25) is 0 Å². The average Bonchev–Trinajstić information content (AvgIpc) is 3.32. The Labute approximate surface area is 300 Å². The van der Waals surface area contributed by atoms with Crippen LogP contribution in [0.3, 0.4) is 0 Å². The molecule has 0 aliphatic carbocycles. The van der Waals surface area contributed by atoms with Gasteiger partial charge in [0.25, 0.3) is 0 Å². The minimum atomic E-state index is 0.0375. The van der Waals surface area contributed by atoms with Crippen LogP contribution < -0.4 is 26.2 Å². The first kappa shape index (κ1) is 30.5. The third kappa shape index (κ3) is 5.69. The zero-order valence-electron chi connectivity index (χ0n) is 28.2. The highest BCUT2D eigenvalue weighted by Crippen LogP contribution is 2.41. The van der Waals surface area contributed by atoms with Crippen LogP contribution in [0.25, 0.3) is 22.3 Å². The normalized spacial score (nSPS) is 11.5. The Balaban J connectivity index is 1.29. The number of anilines is 6. The second-order valence-electron chi connectivity index (χ2n) is 12.9. The first-order valence-electron chi connectivity index (χ1n) is 17.6. The van der Waals surface area contributed by atoms with Crippen LogP contribution in [0.2, 0.25) is 0 Å². The highest BCUT2D eigenvalue weighted by molar-refractivity contribution is 6.97. The van der Waals surface area contributed by atoms with Crippen molar-refractivity contribution in [2.24, 2.45) is 0 Å². The van der Waals surface area contributed by atoms with Crippen molar-refractivity contribution in [3.05, 3.63) is 212 Å². The molecule has 0 unspecified atom stereocenters. The molecule has 0 spiro atoms. The lowest BCUT2D eigenvalue weighted by Gasteiger charge is -2.27. The van der Waals surface area contributed by atoms with Gasteiger partial charge in [0.15, 0.2) is 0 Å². The van der Waals surface area contributed by atoms with E-state index in [2.05, 4.69) is 222 Å². The van der Waals surface area contributed by atoms with E-state index in [9.17, 15) is 0 Å². The SMILES string of the molecule is c1ccc(B2c3ccc(N(c4ccccc4)c4ccccc4)cc3-c3ccccc3-c3cc(N(c4ccccc4)c4ccccc4)ccc32)cc1. The lowest BCUT2D eigenvalue weighted by atomic mass is 9.36. The molecule has 8 aromatic rings. The van der Waals surface area contributed by atoms with Gasteiger partial charge in [-0.2, -0.15) is 0 Å². The molecule has 3 heteroatoms. The van der Waals surface area contributed by atoms with Crippen molar-refractivity contribution in [3.8, 4) is 22.3 Å². The molecule has 51 heavy (non-hydrogen) atoms. The number of hydrogen-bond donors (Lipinski definition) is 0. The molecule has 240 valence electrons. The predicted octanol–water partition coefficient (Wildman–Crippen LogP) is 10.8. The van der Waals surface area contributed by atoms with Gasteiger partial charge in [-0.05, 0) is 95.1 Å². The van der Waals surface area contributed by atoms with Crippen molar-refractivity contribution in [2.75, 3.05) is 9.80 Å². The number of para-hydroxylation sites is 4. The summed E-state index contributed by atoms with van der Waals surface area (Å²) in [5, 5.41) is 0. The number of nitrogens with zero attached hydrogens (tertiary/aromatic N) is 2. The molecule has 0 N–H and O–H groups in total. The topological polar surface area (TPSA) is 6.48 Å². The second-order valence-corrected chi connectivity index (χ2v) is 12.9. The van der Waals surface area contributed by atoms with E-state index in [1.807, 2.05) is 0 Å². The average molecular weight is 651 g/mol. The third-order valence-electron chi connectivity index (χ3n) is 9.91. The van der Waals surface area contributed by atoms with Gasteiger partial charge >= 0.3 is 0 Å². The lowest BCUT2D eigenvalue weighted by Crippen LogP contribution is -2.52. The molecular weight excluding hydrogens is 615 g/mol. The van der Waals surface area contributed by atoms with Crippen molar-refractivity contribution < 1.29 is 0 Å². The zero-order chi connectivity index (χ0) is 34.0. The van der Waals surface area contributed by atoms with Crippen molar-refractivity contribution in [1.29, 1.82) is 0 Å². The monoisotopic (exact) mass is 650 g/mol. The Kier molecular flexibility index (Phi) is 8.00. The first-order chi connectivity index (χ1) is 25.3. The maximum atomic E-state index is 2.40. The quantitative estimate of drug-likeness (QED) is 0.158. The van der Waals surface area contributed by atoms with Gasteiger partial charge in [-0.15, -0.1) is 0 Å². The summed E-state index contributed by atoms with van der Waals surface area (Å²) in [6.07, 6.45) is 0. The van der Waals surface area contributed by atoms with Crippen LogP contribution >= 0.6 is 0 Å². The second kappa shape index (κ2) is 13.4. The standard InChI is InChI=1S/C48H35BN2/c1-6-18-36(19-7-1)49-47-32-30-41(50(37-20-8-2-9-21-37)38-22-10-3-11-23-38)34-45(47)43-28-16-17-29-44(43)46-35-42(31-33-48(46)49)51(39-24-12-4-13-25-39)40-26-14-5-15-27-40/h1-35H. The van der Waals surface area contributed by atoms with Gasteiger partial charge in [-0.1, -0.05) is 156 Å².